The Morgan fingerprint density at radius 2 is 2.28 bits per heavy atom. The van der Waals surface area contributed by atoms with Gasteiger partial charge in [0, 0.05) is 23.2 Å². The summed E-state index contributed by atoms with van der Waals surface area (Å²) in [5.74, 6) is 0.754. The molecule has 2 aromatic heterocycles. The van der Waals surface area contributed by atoms with Crippen molar-refractivity contribution in [2.24, 2.45) is 0 Å². The van der Waals surface area contributed by atoms with Gasteiger partial charge in [-0.2, -0.15) is 4.98 Å². The Morgan fingerprint density at radius 1 is 1.36 bits per heavy atom. The highest BCUT2D eigenvalue weighted by molar-refractivity contribution is 6.30. The molecule has 6 nitrogen and oxygen atoms in total. The predicted octanol–water partition coefficient (Wildman–Crippen LogP) is 3.83. The number of nitrogens with zero attached hydrogens (tertiary/aromatic N) is 4. The van der Waals surface area contributed by atoms with E-state index in [-0.39, 0.29) is 0 Å². The van der Waals surface area contributed by atoms with E-state index in [0.717, 1.165) is 29.9 Å². The number of hydrogen-bond acceptors (Lipinski definition) is 6. The molecule has 0 aliphatic carbocycles. The Kier molecular flexibility index (Phi) is 4.55. The zero-order valence-electron chi connectivity index (χ0n) is 14.1. The van der Waals surface area contributed by atoms with Crippen LogP contribution in [0.3, 0.4) is 0 Å². The molecule has 3 aromatic rings. The Hall–Kier alpha value is -2.18. The molecule has 0 bridgehead atoms. The second-order valence-corrected chi connectivity index (χ2v) is 6.69. The fourth-order valence-electron chi connectivity index (χ4n) is 3.51. The van der Waals surface area contributed by atoms with Crippen molar-refractivity contribution in [2.45, 2.75) is 25.8 Å². The van der Waals surface area contributed by atoms with Gasteiger partial charge >= 0.3 is 0 Å². The van der Waals surface area contributed by atoms with Gasteiger partial charge in [0.2, 0.25) is 0 Å². The maximum atomic E-state index is 6.12. The average Bonchev–Trinajstić information content (AvgIpc) is 3.26. The molecule has 0 radical (unpaired) electrons. The van der Waals surface area contributed by atoms with Crippen LogP contribution in [0.1, 0.15) is 19.8 Å². The molecule has 3 heterocycles. The molecule has 1 fully saturated rings. The Morgan fingerprint density at radius 3 is 3.12 bits per heavy atom. The number of halogens is 1. The van der Waals surface area contributed by atoms with Crippen molar-refractivity contribution >= 4 is 28.5 Å². The van der Waals surface area contributed by atoms with E-state index in [1.54, 1.807) is 0 Å². The highest BCUT2D eigenvalue weighted by Gasteiger charge is 2.24. The molecule has 1 aliphatic rings. The van der Waals surface area contributed by atoms with Crippen LogP contribution in [0, 0.1) is 0 Å². The Bertz CT molecular complexity index is 881. The fraction of sp³-hybridized carbons (Fsp3) is 0.389. The minimum atomic E-state index is 0.478. The van der Waals surface area contributed by atoms with E-state index in [2.05, 4.69) is 32.3 Å². The van der Waals surface area contributed by atoms with Gasteiger partial charge in [0.25, 0.3) is 5.71 Å². The van der Waals surface area contributed by atoms with Crippen LogP contribution in [0.25, 0.3) is 22.4 Å². The monoisotopic (exact) mass is 357 g/mol. The quantitative estimate of drug-likeness (QED) is 0.748. The average molecular weight is 358 g/mol. The van der Waals surface area contributed by atoms with Gasteiger partial charge in [0.15, 0.2) is 0 Å². The topological polar surface area (TPSA) is 67.1 Å². The number of anilines is 1. The number of aromatic nitrogens is 3. The number of fused-ring (bicyclic) bond motifs is 1. The van der Waals surface area contributed by atoms with Crippen LogP contribution in [0.4, 0.5) is 5.82 Å². The molecule has 0 saturated carbocycles. The first kappa shape index (κ1) is 16.3. The third-order valence-corrected chi connectivity index (χ3v) is 5.02. The summed E-state index contributed by atoms with van der Waals surface area (Å²) >= 11 is 6.12. The van der Waals surface area contributed by atoms with Crippen molar-refractivity contribution in [3.8, 4) is 11.3 Å². The van der Waals surface area contributed by atoms with E-state index in [4.69, 9.17) is 16.1 Å². The van der Waals surface area contributed by atoms with Crippen molar-refractivity contribution in [1.29, 1.82) is 0 Å². The summed E-state index contributed by atoms with van der Waals surface area (Å²) in [7, 11) is 0. The van der Waals surface area contributed by atoms with E-state index in [1.807, 2.05) is 24.3 Å². The molecule has 1 aliphatic heterocycles. The number of rotatable bonds is 5. The second kappa shape index (κ2) is 6.98. The summed E-state index contributed by atoms with van der Waals surface area (Å²) in [5, 5.41) is 9.12. The molecule has 130 valence electrons. The number of nitrogens with one attached hydrogen (secondary N) is 1. The normalized spacial score (nSPS) is 18.1. The maximum Gasteiger partial charge on any atom is 0.263 e. The van der Waals surface area contributed by atoms with E-state index >= 15 is 0 Å². The van der Waals surface area contributed by atoms with Gasteiger partial charge in [-0.3, -0.25) is 4.90 Å². The van der Waals surface area contributed by atoms with Crippen LogP contribution >= 0.6 is 11.6 Å². The Balaban J connectivity index is 1.66. The zero-order valence-corrected chi connectivity index (χ0v) is 14.8. The lowest BCUT2D eigenvalue weighted by Gasteiger charge is -2.23. The number of likely N-dealkylation sites (tertiary alicyclic amines) is 1. The zero-order chi connectivity index (χ0) is 17.2. The lowest BCUT2D eigenvalue weighted by atomic mass is 10.1. The van der Waals surface area contributed by atoms with Gasteiger partial charge < -0.3 is 9.84 Å². The third kappa shape index (κ3) is 3.19. The van der Waals surface area contributed by atoms with Crippen molar-refractivity contribution in [3.05, 3.63) is 35.6 Å². The van der Waals surface area contributed by atoms with E-state index in [9.17, 15) is 0 Å². The fourth-order valence-corrected chi connectivity index (χ4v) is 3.70. The minimum absolute atomic E-state index is 0.478. The van der Waals surface area contributed by atoms with E-state index in [0.29, 0.717) is 22.5 Å². The molecular formula is C18H20ClN5O. The lowest BCUT2D eigenvalue weighted by Crippen LogP contribution is -2.34. The number of likely N-dealkylation sites (N-methyl/N-ethyl adjacent to an activating group) is 1. The summed E-state index contributed by atoms with van der Waals surface area (Å²) in [6.45, 7) is 5.30. The second-order valence-electron chi connectivity index (χ2n) is 6.25. The molecule has 1 atom stereocenters. The maximum absolute atomic E-state index is 6.12. The van der Waals surface area contributed by atoms with Crippen molar-refractivity contribution in [3.63, 3.8) is 0 Å². The lowest BCUT2D eigenvalue weighted by molar-refractivity contribution is 0.277. The summed E-state index contributed by atoms with van der Waals surface area (Å²) in [4.78, 5) is 11.1. The van der Waals surface area contributed by atoms with Gasteiger partial charge in [-0.1, -0.05) is 35.8 Å². The standard InChI is InChI=1S/C18H20ClN5O/c1-2-24-8-4-7-14(24)10-20-17-15-16(12-5-3-6-13(19)9-12)23-25-18(15)22-11-21-17/h3,5-6,9,11,14H,2,4,7-8,10H2,1H3,(H,20,21,22)/t14-/m0/s1. The van der Waals surface area contributed by atoms with Gasteiger partial charge in [-0.25, -0.2) is 4.98 Å². The van der Waals surface area contributed by atoms with Crippen LogP contribution in [-0.4, -0.2) is 45.7 Å². The largest absolute Gasteiger partial charge is 0.368 e. The predicted molar refractivity (Wildman–Crippen MR) is 98.8 cm³/mol. The molecule has 1 saturated heterocycles. The van der Waals surface area contributed by atoms with Crippen LogP contribution < -0.4 is 5.32 Å². The molecular weight excluding hydrogens is 338 g/mol. The molecule has 4 rings (SSSR count). The highest BCUT2D eigenvalue weighted by Crippen LogP contribution is 2.32. The van der Waals surface area contributed by atoms with Crippen LogP contribution in [0.15, 0.2) is 35.1 Å². The first-order chi connectivity index (χ1) is 12.3. The Labute approximate surface area is 151 Å². The van der Waals surface area contributed by atoms with Gasteiger partial charge in [0.1, 0.15) is 23.2 Å². The third-order valence-electron chi connectivity index (χ3n) is 4.78. The molecule has 0 unspecified atom stereocenters. The van der Waals surface area contributed by atoms with Crippen LogP contribution in [0.5, 0.6) is 0 Å². The van der Waals surface area contributed by atoms with Crippen LogP contribution in [-0.2, 0) is 0 Å². The summed E-state index contributed by atoms with van der Waals surface area (Å²) in [6, 6.07) is 8.08. The summed E-state index contributed by atoms with van der Waals surface area (Å²) in [6.07, 6.45) is 3.96. The van der Waals surface area contributed by atoms with E-state index in [1.165, 1.54) is 25.7 Å². The molecule has 25 heavy (non-hydrogen) atoms. The van der Waals surface area contributed by atoms with Gasteiger partial charge in [-0.15, -0.1) is 0 Å². The van der Waals surface area contributed by atoms with Crippen molar-refractivity contribution in [2.75, 3.05) is 25.0 Å². The highest BCUT2D eigenvalue weighted by atomic mass is 35.5. The van der Waals surface area contributed by atoms with Crippen molar-refractivity contribution in [1.82, 2.24) is 20.0 Å². The molecule has 7 heteroatoms. The number of hydrogen-bond donors (Lipinski definition) is 1. The smallest absolute Gasteiger partial charge is 0.263 e. The first-order valence-electron chi connectivity index (χ1n) is 8.60. The molecule has 1 N–H and O–H groups in total. The first-order valence-corrected chi connectivity index (χ1v) is 8.98. The minimum Gasteiger partial charge on any atom is -0.368 e. The molecule has 0 spiro atoms. The summed E-state index contributed by atoms with van der Waals surface area (Å²) in [5.41, 5.74) is 2.07. The molecule has 0 amide bonds. The van der Waals surface area contributed by atoms with Crippen molar-refractivity contribution < 1.29 is 4.52 Å². The van der Waals surface area contributed by atoms with E-state index < -0.39 is 0 Å². The number of benzene rings is 1. The summed E-state index contributed by atoms with van der Waals surface area (Å²) < 4.78 is 5.40. The van der Waals surface area contributed by atoms with Gasteiger partial charge in [-0.05, 0) is 38.1 Å². The molecule has 1 aromatic carbocycles. The van der Waals surface area contributed by atoms with Crippen LogP contribution in [0.2, 0.25) is 5.02 Å². The SMILES string of the molecule is CCN1CCC[C@H]1CNc1ncnc2onc(-c3cccc(Cl)c3)c12. The van der Waals surface area contributed by atoms with Gasteiger partial charge in [0.05, 0.1) is 0 Å².